The fourth-order valence-corrected chi connectivity index (χ4v) is 8.04. The summed E-state index contributed by atoms with van der Waals surface area (Å²) >= 11 is 0. The molecule has 0 saturated carbocycles. The summed E-state index contributed by atoms with van der Waals surface area (Å²) in [4.78, 5) is 13.8. The monoisotopic (exact) mass is 485 g/mol. The topological polar surface area (TPSA) is 56.0 Å². The van der Waals surface area contributed by atoms with Gasteiger partial charge in [0.15, 0.2) is 11.5 Å². The molecule has 0 unspecified atom stereocenters. The standard InChI is InChI=1S/C30H24N5P/c1-5-13-24(14-6-1)21-35-23-33-29-28(35)30(32-22-31-29)34-36(25-15-7-2-8-16-25,26-17-9-3-10-18-26)27-19-11-4-12-20-27/h1-20,22-23H,21H2. The highest BCUT2D eigenvalue weighted by molar-refractivity contribution is 7.87. The number of aromatic nitrogens is 4. The van der Waals surface area contributed by atoms with Crippen molar-refractivity contribution in [1.82, 2.24) is 19.5 Å². The first kappa shape index (κ1) is 22.1. The second-order valence-corrected chi connectivity index (χ2v) is 11.5. The van der Waals surface area contributed by atoms with Gasteiger partial charge in [0.05, 0.1) is 13.4 Å². The van der Waals surface area contributed by atoms with Gasteiger partial charge in [0.1, 0.15) is 11.8 Å². The van der Waals surface area contributed by atoms with Gasteiger partial charge in [-0.05, 0) is 5.56 Å². The van der Waals surface area contributed by atoms with Gasteiger partial charge in [0.25, 0.3) is 0 Å². The summed E-state index contributed by atoms with van der Waals surface area (Å²) in [5.41, 5.74) is 2.67. The van der Waals surface area contributed by atoms with Gasteiger partial charge in [-0.2, -0.15) is 0 Å². The molecule has 6 heteroatoms. The van der Waals surface area contributed by atoms with Crippen LogP contribution in [0.2, 0.25) is 0 Å². The van der Waals surface area contributed by atoms with Gasteiger partial charge in [0, 0.05) is 22.5 Å². The Kier molecular flexibility index (Phi) is 5.98. The van der Waals surface area contributed by atoms with E-state index in [0.29, 0.717) is 18.0 Å². The number of hydrogen-bond donors (Lipinski definition) is 0. The van der Waals surface area contributed by atoms with Gasteiger partial charge in [-0.1, -0.05) is 121 Å². The lowest BCUT2D eigenvalue weighted by Gasteiger charge is -2.26. The van der Waals surface area contributed by atoms with Crippen LogP contribution in [0.4, 0.5) is 5.82 Å². The minimum absolute atomic E-state index is 0.645. The molecular weight excluding hydrogens is 461 g/mol. The fraction of sp³-hybridized carbons (Fsp3) is 0.0333. The normalized spacial score (nSPS) is 11.4. The minimum Gasteiger partial charge on any atom is -0.322 e. The van der Waals surface area contributed by atoms with Crippen LogP contribution >= 0.6 is 7.05 Å². The van der Waals surface area contributed by atoms with E-state index in [9.17, 15) is 0 Å². The summed E-state index contributed by atoms with van der Waals surface area (Å²) in [7, 11) is -2.46. The van der Waals surface area contributed by atoms with Crippen molar-refractivity contribution in [1.29, 1.82) is 0 Å². The molecule has 6 rings (SSSR count). The summed E-state index contributed by atoms with van der Waals surface area (Å²) in [6, 6.07) is 42.1. The molecule has 0 saturated heterocycles. The van der Waals surface area contributed by atoms with E-state index in [4.69, 9.17) is 9.73 Å². The average Bonchev–Trinajstić information content (AvgIpc) is 3.37. The van der Waals surface area contributed by atoms with Crippen LogP contribution in [0.15, 0.2) is 139 Å². The molecule has 5 nitrogen and oxygen atoms in total. The summed E-state index contributed by atoms with van der Waals surface area (Å²) in [5.74, 6) is 0.651. The number of nitrogens with zero attached hydrogens (tertiary/aromatic N) is 5. The lowest BCUT2D eigenvalue weighted by Crippen LogP contribution is -2.25. The van der Waals surface area contributed by atoms with Gasteiger partial charge >= 0.3 is 0 Å². The number of hydrogen-bond acceptors (Lipinski definition) is 4. The largest absolute Gasteiger partial charge is 0.322 e. The van der Waals surface area contributed by atoms with E-state index in [1.54, 1.807) is 6.33 Å². The van der Waals surface area contributed by atoms with Crippen molar-refractivity contribution in [2.45, 2.75) is 6.54 Å². The maximum atomic E-state index is 5.60. The molecule has 0 aliphatic carbocycles. The Morgan fingerprint density at radius 3 is 1.61 bits per heavy atom. The predicted octanol–water partition coefficient (Wildman–Crippen LogP) is 5.68. The zero-order chi connectivity index (χ0) is 24.2. The molecular formula is C30H24N5P. The Labute approximate surface area is 210 Å². The zero-order valence-corrected chi connectivity index (χ0v) is 20.5. The average molecular weight is 486 g/mol. The summed E-state index contributed by atoms with van der Waals surface area (Å²) in [6.07, 6.45) is 3.40. The second kappa shape index (κ2) is 9.73. The molecule has 0 spiro atoms. The zero-order valence-electron chi connectivity index (χ0n) is 19.6. The van der Waals surface area contributed by atoms with Gasteiger partial charge in [-0.15, -0.1) is 0 Å². The molecule has 0 bridgehead atoms. The van der Waals surface area contributed by atoms with E-state index in [1.165, 1.54) is 21.5 Å². The van der Waals surface area contributed by atoms with Crippen LogP contribution in [0.3, 0.4) is 0 Å². The van der Waals surface area contributed by atoms with Crippen LogP contribution in [-0.4, -0.2) is 19.5 Å². The molecule has 0 aliphatic heterocycles. The molecule has 4 aromatic carbocycles. The quantitative estimate of drug-likeness (QED) is 0.285. The van der Waals surface area contributed by atoms with Gasteiger partial charge in [-0.3, -0.25) is 0 Å². The highest BCUT2D eigenvalue weighted by atomic mass is 31.2. The van der Waals surface area contributed by atoms with Gasteiger partial charge in [-0.25, -0.2) is 19.7 Å². The van der Waals surface area contributed by atoms with Crippen LogP contribution in [0, 0.1) is 0 Å². The molecule has 0 amide bonds. The van der Waals surface area contributed by atoms with Crippen molar-refractivity contribution >= 4 is 39.9 Å². The fourth-order valence-electron chi connectivity index (χ4n) is 4.56. The molecule has 2 aromatic heterocycles. The third kappa shape index (κ3) is 4.04. The first-order valence-electron chi connectivity index (χ1n) is 11.8. The Bertz CT molecular complexity index is 1540. The van der Waals surface area contributed by atoms with Crippen molar-refractivity contribution < 1.29 is 0 Å². The molecule has 6 aromatic rings. The van der Waals surface area contributed by atoms with Crippen LogP contribution in [0.1, 0.15) is 5.56 Å². The highest BCUT2D eigenvalue weighted by Crippen LogP contribution is 2.49. The van der Waals surface area contributed by atoms with Crippen LogP contribution in [-0.2, 0) is 6.54 Å². The van der Waals surface area contributed by atoms with Crippen molar-refractivity contribution in [2.75, 3.05) is 0 Å². The molecule has 0 N–H and O–H groups in total. The Balaban J connectivity index is 1.68. The summed E-state index contributed by atoms with van der Waals surface area (Å²) in [5, 5.41) is 3.51. The Morgan fingerprint density at radius 1 is 0.583 bits per heavy atom. The summed E-state index contributed by atoms with van der Waals surface area (Å²) in [6.45, 7) is 0.667. The molecule has 36 heavy (non-hydrogen) atoms. The Morgan fingerprint density at radius 2 is 1.08 bits per heavy atom. The number of imidazole rings is 1. The van der Waals surface area contributed by atoms with E-state index in [1.807, 2.05) is 42.7 Å². The first-order valence-corrected chi connectivity index (χ1v) is 13.6. The summed E-state index contributed by atoms with van der Waals surface area (Å²) < 4.78 is 7.70. The number of benzene rings is 4. The third-order valence-electron chi connectivity index (χ3n) is 6.22. The highest BCUT2D eigenvalue weighted by Gasteiger charge is 2.28. The molecule has 0 atom stereocenters. The third-order valence-corrected chi connectivity index (χ3v) is 9.85. The maximum absolute atomic E-state index is 5.60. The molecule has 174 valence electrons. The molecule has 0 fully saturated rings. The van der Waals surface area contributed by atoms with E-state index in [2.05, 4.69) is 99.5 Å². The van der Waals surface area contributed by atoms with Gasteiger partial charge in [0.2, 0.25) is 0 Å². The van der Waals surface area contributed by atoms with Gasteiger partial charge < -0.3 is 4.57 Å². The van der Waals surface area contributed by atoms with Crippen molar-refractivity contribution in [3.8, 4) is 0 Å². The lowest BCUT2D eigenvalue weighted by molar-refractivity contribution is 0.823. The predicted molar refractivity (Wildman–Crippen MR) is 148 cm³/mol. The Hall–Kier alpha value is -4.34. The van der Waals surface area contributed by atoms with E-state index in [0.717, 1.165) is 5.52 Å². The van der Waals surface area contributed by atoms with E-state index in [-0.39, 0.29) is 0 Å². The van der Waals surface area contributed by atoms with E-state index >= 15 is 0 Å². The first-order chi connectivity index (χ1) is 17.8. The van der Waals surface area contributed by atoms with Crippen molar-refractivity contribution in [2.24, 2.45) is 4.74 Å². The SMILES string of the molecule is c1ccc(Cn2cnc3ncnc(N=P(c4ccccc4)(c4ccccc4)c4ccccc4)c32)cc1. The maximum Gasteiger partial charge on any atom is 0.183 e. The van der Waals surface area contributed by atoms with Crippen molar-refractivity contribution in [3.05, 3.63) is 140 Å². The number of fused-ring (bicyclic) bond motifs is 1. The lowest BCUT2D eigenvalue weighted by atomic mass is 10.2. The van der Waals surface area contributed by atoms with Crippen molar-refractivity contribution in [3.63, 3.8) is 0 Å². The molecule has 0 aliphatic rings. The number of rotatable bonds is 6. The van der Waals surface area contributed by atoms with Crippen LogP contribution < -0.4 is 15.9 Å². The van der Waals surface area contributed by atoms with Crippen LogP contribution in [0.5, 0.6) is 0 Å². The minimum atomic E-state index is -2.46. The van der Waals surface area contributed by atoms with E-state index < -0.39 is 7.05 Å². The molecule has 0 radical (unpaired) electrons. The second-order valence-electron chi connectivity index (χ2n) is 8.47. The smallest absolute Gasteiger partial charge is 0.183 e. The molecule has 2 heterocycles. The van der Waals surface area contributed by atoms with Crippen LogP contribution in [0.25, 0.3) is 11.2 Å².